The molecule has 1 heterocycles. The number of carbonyl (C=O) groups excluding carboxylic acids is 1. The first-order chi connectivity index (χ1) is 9.97. The van der Waals surface area contributed by atoms with Crippen molar-refractivity contribution in [1.82, 2.24) is 4.98 Å². The minimum Gasteiger partial charge on any atom is -0.330 e. The third-order valence-corrected chi connectivity index (χ3v) is 4.34. The molecule has 2 aromatic rings. The van der Waals surface area contributed by atoms with Gasteiger partial charge in [-0.3, -0.25) is 4.79 Å². The first-order valence-electron chi connectivity index (χ1n) is 7.35. The van der Waals surface area contributed by atoms with E-state index < -0.39 is 0 Å². The topological polar surface area (TPSA) is 68.0 Å². The van der Waals surface area contributed by atoms with E-state index in [4.69, 9.17) is 5.73 Å². The number of nitrogens with one attached hydrogen (secondary N) is 1. The van der Waals surface area contributed by atoms with Crippen LogP contribution in [0.2, 0.25) is 0 Å². The minimum absolute atomic E-state index is 0.00174. The summed E-state index contributed by atoms with van der Waals surface area (Å²) in [6.45, 7) is 6.90. The lowest BCUT2D eigenvalue weighted by Crippen LogP contribution is -2.23. The van der Waals surface area contributed by atoms with Crippen molar-refractivity contribution >= 4 is 32.6 Å². The van der Waals surface area contributed by atoms with Gasteiger partial charge in [-0.05, 0) is 49.4 Å². The second-order valence-corrected chi connectivity index (χ2v) is 7.00. The summed E-state index contributed by atoms with van der Waals surface area (Å²) in [6.07, 6.45) is 1.44. The smallest absolute Gasteiger partial charge is 0.226 e. The summed E-state index contributed by atoms with van der Waals surface area (Å²) in [5.74, 6) is 0.792. The number of hydrogen-bond donors (Lipinski definition) is 2. The Morgan fingerprint density at radius 1 is 1.43 bits per heavy atom. The molecule has 2 rings (SSSR count). The Labute approximate surface area is 129 Å². The van der Waals surface area contributed by atoms with Crippen LogP contribution in [0.25, 0.3) is 10.2 Å². The monoisotopic (exact) mass is 305 g/mol. The highest BCUT2D eigenvalue weighted by Crippen LogP contribution is 2.27. The van der Waals surface area contributed by atoms with Crippen LogP contribution in [-0.4, -0.2) is 17.4 Å². The van der Waals surface area contributed by atoms with Crippen LogP contribution in [0, 0.1) is 18.8 Å². The Balaban J connectivity index is 2.00. The second kappa shape index (κ2) is 7.00. The number of anilines is 1. The Hall–Kier alpha value is -1.46. The summed E-state index contributed by atoms with van der Waals surface area (Å²) < 4.78 is 1.10. The number of carbonyl (C=O) groups is 1. The number of fused-ring (bicyclic) bond motifs is 1. The third-order valence-electron chi connectivity index (χ3n) is 3.40. The fourth-order valence-corrected chi connectivity index (χ4v) is 3.43. The first kappa shape index (κ1) is 15.9. The molecule has 1 aromatic carbocycles. The fourth-order valence-electron chi connectivity index (χ4n) is 2.45. The molecule has 114 valence electrons. The van der Waals surface area contributed by atoms with Crippen LogP contribution in [0.15, 0.2) is 18.2 Å². The van der Waals surface area contributed by atoms with Gasteiger partial charge in [0, 0.05) is 6.42 Å². The highest BCUT2D eigenvalue weighted by Gasteiger charge is 2.15. The van der Waals surface area contributed by atoms with Gasteiger partial charge in [-0.2, -0.15) is 0 Å². The van der Waals surface area contributed by atoms with E-state index in [0.29, 0.717) is 24.0 Å². The number of aryl methyl sites for hydroxylation is 1. The molecule has 0 saturated carbocycles. The largest absolute Gasteiger partial charge is 0.330 e. The summed E-state index contributed by atoms with van der Waals surface area (Å²) in [5, 5.41) is 3.57. The van der Waals surface area contributed by atoms with Crippen molar-refractivity contribution in [3.63, 3.8) is 0 Å². The number of rotatable bonds is 6. The molecule has 0 spiro atoms. The van der Waals surface area contributed by atoms with Crippen molar-refractivity contribution in [2.24, 2.45) is 17.6 Å². The lowest BCUT2D eigenvalue weighted by atomic mass is 9.94. The van der Waals surface area contributed by atoms with E-state index in [-0.39, 0.29) is 11.8 Å². The first-order valence-corrected chi connectivity index (χ1v) is 8.16. The van der Waals surface area contributed by atoms with Gasteiger partial charge < -0.3 is 11.1 Å². The second-order valence-electron chi connectivity index (χ2n) is 5.97. The minimum atomic E-state index is 0.00174. The maximum absolute atomic E-state index is 12.1. The molecule has 3 N–H and O–H groups in total. The van der Waals surface area contributed by atoms with Crippen molar-refractivity contribution in [3.05, 3.63) is 23.8 Å². The van der Waals surface area contributed by atoms with Gasteiger partial charge in [-0.1, -0.05) is 31.3 Å². The van der Waals surface area contributed by atoms with E-state index in [1.807, 2.05) is 12.1 Å². The molecule has 1 amide bonds. The Bertz CT molecular complexity index is 621. The molecule has 0 aliphatic rings. The van der Waals surface area contributed by atoms with Gasteiger partial charge in [0.05, 0.1) is 10.2 Å². The molecular formula is C16H23N3OS. The Kier molecular flexibility index (Phi) is 5.31. The van der Waals surface area contributed by atoms with Crippen molar-refractivity contribution in [2.75, 3.05) is 11.9 Å². The van der Waals surface area contributed by atoms with Crippen molar-refractivity contribution in [1.29, 1.82) is 0 Å². The fraction of sp³-hybridized carbons (Fsp3) is 0.500. The molecule has 21 heavy (non-hydrogen) atoms. The summed E-state index contributed by atoms with van der Waals surface area (Å²) in [4.78, 5) is 16.6. The van der Waals surface area contributed by atoms with E-state index in [1.165, 1.54) is 16.9 Å². The van der Waals surface area contributed by atoms with E-state index in [2.05, 4.69) is 37.1 Å². The molecule has 0 aliphatic carbocycles. The number of thiazole rings is 1. The van der Waals surface area contributed by atoms with Crippen LogP contribution in [0.5, 0.6) is 0 Å². The van der Waals surface area contributed by atoms with Crippen molar-refractivity contribution in [2.45, 2.75) is 33.6 Å². The predicted octanol–water partition coefficient (Wildman–Crippen LogP) is 3.55. The molecule has 0 fully saturated rings. The third kappa shape index (κ3) is 4.51. The summed E-state index contributed by atoms with van der Waals surface area (Å²) in [5.41, 5.74) is 7.88. The molecule has 1 aromatic heterocycles. The lowest BCUT2D eigenvalue weighted by molar-refractivity contribution is -0.117. The molecule has 0 radical (unpaired) electrons. The maximum atomic E-state index is 12.1. The van der Waals surface area contributed by atoms with Gasteiger partial charge in [-0.15, -0.1) is 0 Å². The average molecular weight is 305 g/mol. The van der Waals surface area contributed by atoms with E-state index in [9.17, 15) is 4.79 Å². The summed E-state index contributed by atoms with van der Waals surface area (Å²) in [7, 11) is 0. The van der Waals surface area contributed by atoms with Crippen LogP contribution in [0.4, 0.5) is 5.13 Å². The number of hydrogen-bond acceptors (Lipinski definition) is 4. The zero-order valence-corrected chi connectivity index (χ0v) is 13.7. The molecule has 0 bridgehead atoms. The molecule has 1 unspecified atom stereocenters. The molecule has 0 aliphatic heterocycles. The average Bonchev–Trinajstić information content (AvgIpc) is 2.78. The quantitative estimate of drug-likeness (QED) is 0.857. The van der Waals surface area contributed by atoms with Gasteiger partial charge in [0.2, 0.25) is 5.91 Å². The SMILES string of the molecule is Cc1ccc2nc(NC(=O)CC(CN)CC(C)C)sc2c1. The molecule has 4 nitrogen and oxygen atoms in total. The van der Waals surface area contributed by atoms with Gasteiger partial charge in [0.15, 0.2) is 5.13 Å². The van der Waals surface area contributed by atoms with E-state index in [0.717, 1.165) is 16.6 Å². The zero-order chi connectivity index (χ0) is 15.4. The van der Waals surface area contributed by atoms with Crippen LogP contribution in [0.1, 0.15) is 32.3 Å². The van der Waals surface area contributed by atoms with Crippen molar-refractivity contribution < 1.29 is 4.79 Å². The van der Waals surface area contributed by atoms with Gasteiger partial charge in [-0.25, -0.2) is 4.98 Å². The van der Waals surface area contributed by atoms with Gasteiger partial charge in [0.25, 0.3) is 0 Å². The summed E-state index contributed by atoms with van der Waals surface area (Å²) in [6, 6.07) is 6.10. The highest BCUT2D eigenvalue weighted by atomic mass is 32.1. The van der Waals surface area contributed by atoms with Crippen LogP contribution < -0.4 is 11.1 Å². The number of nitrogens with zero attached hydrogens (tertiary/aromatic N) is 1. The van der Waals surface area contributed by atoms with Gasteiger partial charge in [0.1, 0.15) is 0 Å². The van der Waals surface area contributed by atoms with Crippen molar-refractivity contribution in [3.8, 4) is 0 Å². The predicted molar refractivity (Wildman–Crippen MR) is 89.6 cm³/mol. The van der Waals surface area contributed by atoms with E-state index in [1.54, 1.807) is 0 Å². The standard InChI is InChI=1S/C16H23N3OS/c1-10(2)6-12(9-17)8-15(20)19-16-18-13-5-4-11(3)7-14(13)21-16/h4-5,7,10,12H,6,8-9,17H2,1-3H3,(H,18,19,20). The Morgan fingerprint density at radius 3 is 2.86 bits per heavy atom. The number of amides is 1. The number of nitrogens with two attached hydrogens (primary N) is 1. The highest BCUT2D eigenvalue weighted by molar-refractivity contribution is 7.22. The molecule has 0 saturated heterocycles. The number of aromatic nitrogens is 1. The normalized spacial score (nSPS) is 12.8. The van der Waals surface area contributed by atoms with Crippen LogP contribution >= 0.6 is 11.3 Å². The zero-order valence-electron chi connectivity index (χ0n) is 12.8. The summed E-state index contributed by atoms with van der Waals surface area (Å²) >= 11 is 1.51. The molecule has 1 atom stereocenters. The van der Waals surface area contributed by atoms with Crippen LogP contribution in [-0.2, 0) is 4.79 Å². The Morgan fingerprint density at radius 2 is 2.19 bits per heavy atom. The molecular weight excluding hydrogens is 282 g/mol. The van der Waals surface area contributed by atoms with Crippen LogP contribution in [0.3, 0.4) is 0 Å². The molecule has 5 heteroatoms. The number of benzene rings is 1. The van der Waals surface area contributed by atoms with E-state index >= 15 is 0 Å². The maximum Gasteiger partial charge on any atom is 0.226 e. The van der Waals surface area contributed by atoms with Gasteiger partial charge >= 0.3 is 0 Å². The lowest BCUT2D eigenvalue weighted by Gasteiger charge is -2.15.